The number of hydrogen-bond acceptors (Lipinski definition) is 3. The number of amides is 2. The Bertz CT molecular complexity index is 942. The molecule has 0 saturated carbocycles. The van der Waals surface area contributed by atoms with E-state index in [0.29, 0.717) is 5.69 Å². The van der Waals surface area contributed by atoms with Crippen molar-refractivity contribution in [3.05, 3.63) is 65.7 Å². The van der Waals surface area contributed by atoms with E-state index >= 15 is 0 Å². The molecule has 0 radical (unpaired) electrons. The average molecular weight is 405 g/mol. The highest BCUT2D eigenvalue weighted by Gasteiger charge is 2.24. The Labute approximate surface area is 177 Å². The third kappa shape index (κ3) is 5.23. The molecule has 2 aromatic carbocycles. The molecule has 156 valence electrons. The summed E-state index contributed by atoms with van der Waals surface area (Å²) in [5.41, 5.74) is 3.45. The van der Waals surface area contributed by atoms with E-state index in [4.69, 9.17) is 0 Å². The quantitative estimate of drug-likeness (QED) is 0.425. The van der Waals surface area contributed by atoms with Gasteiger partial charge < -0.3 is 5.11 Å². The largest absolute Gasteiger partial charge is 0.478 e. The zero-order valence-corrected chi connectivity index (χ0v) is 17.3. The summed E-state index contributed by atoms with van der Waals surface area (Å²) < 4.78 is 0. The van der Waals surface area contributed by atoms with Crippen LogP contribution < -0.4 is 4.90 Å². The summed E-state index contributed by atoms with van der Waals surface area (Å²) in [5.74, 6) is -1.67. The number of carbonyl (C=O) groups is 3. The maximum absolute atomic E-state index is 11.8. The zero-order chi connectivity index (χ0) is 21.5. The number of imide groups is 1. The first-order valence-corrected chi connectivity index (χ1v) is 10.5. The molecule has 1 aliphatic heterocycles. The second-order valence-corrected chi connectivity index (χ2v) is 7.63. The Morgan fingerprint density at radius 1 is 0.833 bits per heavy atom. The molecule has 5 heteroatoms. The lowest BCUT2D eigenvalue weighted by molar-refractivity contribution is -0.119. The van der Waals surface area contributed by atoms with E-state index in [1.165, 1.54) is 37.8 Å². The first-order valence-electron chi connectivity index (χ1n) is 10.5. The third-order valence-electron chi connectivity index (χ3n) is 5.33. The highest BCUT2D eigenvalue weighted by atomic mass is 16.4. The lowest BCUT2D eigenvalue weighted by Crippen LogP contribution is -2.29. The van der Waals surface area contributed by atoms with Crippen LogP contribution in [0.25, 0.3) is 11.1 Å². The monoisotopic (exact) mass is 405 g/mol. The molecule has 0 fully saturated rings. The van der Waals surface area contributed by atoms with Crippen molar-refractivity contribution < 1.29 is 19.5 Å². The average Bonchev–Trinajstić information content (AvgIpc) is 3.08. The molecule has 1 N–H and O–H groups in total. The van der Waals surface area contributed by atoms with Gasteiger partial charge in [-0.1, -0.05) is 57.2 Å². The van der Waals surface area contributed by atoms with Crippen LogP contribution in [0, 0.1) is 0 Å². The molecule has 1 heterocycles. The molecule has 0 spiro atoms. The summed E-state index contributed by atoms with van der Waals surface area (Å²) in [5, 5.41) is 9.51. The number of carboxylic acid groups (broad SMARTS) is 1. The number of unbranched alkanes of at least 4 members (excludes halogenated alkanes) is 5. The molecule has 1 aliphatic rings. The Hall–Kier alpha value is -3.21. The van der Waals surface area contributed by atoms with Crippen LogP contribution in [0.2, 0.25) is 0 Å². The minimum atomic E-state index is -0.947. The van der Waals surface area contributed by atoms with Crippen molar-refractivity contribution in [2.75, 3.05) is 4.90 Å². The summed E-state index contributed by atoms with van der Waals surface area (Å²) in [6.07, 6.45) is 10.5. The summed E-state index contributed by atoms with van der Waals surface area (Å²) >= 11 is 0. The van der Waals surface area contributed by atoms with E-state index in [1.807, 2.05) is 18.2 Å². The standard InChI is InChI=1S/C25H27NO4/c1-2-3-4-5-6-7-8-18-15-20(17-21(16-18)25(29)30)19-9-11-22(12-10-19)26-23(27)13-14-24(26)28/h9-17H,2-8H2,1H3,(H,29,30). The molecular formula is C25H27NO4. The van der Waals surface area contributed by atoms with Gasteiger partial charge in [0.05, 0.1) is 11.3 Å². The number of aryl methyl sites for hydroxylation is 1. The molecule has 5 nitrogen and oxygen atoms in total. The van der Waals surface area contributed by atoms with Gasteiger partial charge in [-0.25, -0.2) is 9.69 Å². The minimum Gasteiger partial charge on any atom is -0.478 e. The highest BCUT2D eigenvalue weighted by molar-refractivity contribution is 6.28. The van der Waals surface area contributed by atoms with Crippen molar-refractivity contribution >= 4 is 23.5 Å². The lowest BCUT2D eigenvalue weighted by Gasteiger charge is -2.14. The van der Waals surface area contributed by atoms with Crippen molar-refractivity contribution in [3.8, 4) is 11.1 Å². The fourth-order valence-electron chi connectivity index (χ4n) is 3.69. The smallest absolute Gasteiger partial charge is 0.335 e. The maximum atomic E-state index is 11.8. The van der Waals surface area contributed by atoms with Crippen LogP contribution in [0.5, 0.6) is 0 Å². The molecule has 2 aromatic rings. The van der Waals surface area contributed by atoms with Gasteiger partial charge >= 0.3 is 5.97 Å². The van der Waals surface area contributed by atoms with Crippen molar-refractivity contribution in [3.63, 3.8) is 0 Å². The maximum Gasteiger partial charge on any atom is 0.335 e. The number of carbonyl (C=O) groups excluding carboxylic acids is 2. The molecular weight excluding hydrogens is 378 g/mol. The Morgan fingerprint density at radius 2 is 1.47 bits per heavy atom. The molecule has 0 aromatic heterocycles. The van der Waals surface area contributed by atoms with Crippen LogP contribution in [-0.4, -0.2) is 22.9 Å². The third-order valence-corrected chi connectivity index (χ3v) is 5.33. The molecule has 0 atom stereocenters. The number of nitrogens with zero attached hydrogens (tertiary/aromatic N) is 1. The second kappa shape index (κ2) is 10.0. The molecule has 3 rings (SSSR count). The highest BCUT2D eigenvalue weighted by Crippen LogP contribution is 2.27. The summed E-state index contributed by atoms with van der Waals surface area (Å²) in [4.78, 5) is 36.4. The van der Waals surface area contributed by atoms with Gasteiger partial charge in [0, 0.05) is 12.2 Å². The van der Waals surface area contributed by atoms with E-state index in [9.17, 15) is 19.5 Å². The molecule has 0 unspecified atom stereocenters. The van der Waals surface area contributed by atoms with Crippen molar-refractivity contribution in [1.29, 1.82) is 0 Å². The number of rotatable bonds is 10. The molecule has 0 aliphatic carbocycles. The molecule has 0 saturated heterocycles. The molecule has 30 heavy (non-hydrogen) atoms. The number of benzene rings is 2. The second-order valence-electron chi connectivity index (χ2n) is 7.63. The first kappa shape index (κ1) is 21.5. The van der Waals surface area contributed by atoms with E-state index in [2.05, 4.69) is 6.92 Å². The van der Waals surface area contributed by atoms with Crippen LogP contribution >= 0.6 is 0 Å². The lowest BCUT2D eigenvalue weighted by atomic mass is 9.96. The summed E-state index contributed by atoms with van der Waals surface area (Å²) in [6.45, 7) is 2.20. The van der Waals surface area contributed by atoms with Gasteiger partial charge in [0.1, 0.15) is 0 Å². The van der Waals surface area contributed by atoms with Crippen LogP contribution in [0.3, 0.4) is 0 Å². The molecule has 0 bridgehead atoms. The normalized spacial score (nSPS) is 13.3. The van der Waals surface area contributed by atoms with Crippen LogP contribution in [0.15, 0.2) is 54.6 Å². The van der Waals surface area contributed by atoms with Crippen LogP contribution in [0.4, 0.5) is 5.69 Å². The number of anilines is 1. The van der Waals surface area contributed by atoms with E-state index in [0.717, 1.165) is 40.9 Å². The SMILES string of the molecule is CCCCCCCCc1cc(C(=O)O)cc(-c2ccc(N3C(=O)C=CC3=O)cc2)c1. The fourth-order valence-corrected chi connectivity index (χ4v) is 3.69. The van der Waals surface area contributed by atoms with Crippen molar-refractivity contribution in [2.24, 2.45) is 0 Å². The van der Waals surface area contributed by atoms with Gasteiger partial charge in [0.25, 0.3) is 11.8 Å². The Kier molecular flexibility index (Phi) is 7.17. The number of carboxylic acids is 1. The minimum absolute atomic E-state index is 0.270. The Balaban J connectivity index is 1.75. The fraction of sp³-hybridized carbons (Fsp3) is 0.320. The topological polar surface area (TPSA) is 74.7 Å². The number of hydrogen-bond donors (Lipinski definition) is 1. The van der Waals surface area contributed by atoms with Crippen molar-refractivity contribution in [1.82, 2.24) is 0 Å². The van der Waals surface area contributed by atoms with Gasteiger partial charge in [0.2, 0.25) is 0 Å². The number of aromatic carboxylic acids is 1. The van der Waals surface area contributed by atoms with Gasteiger partial charge in [-0.15, -0.1) is 0 Å². The van der Waals surface area contributed by atoms with Gasteiger partial charge in [-0.05, 0) is 53.8 Å². The van der Waals surface area contributed by atoms with E-state index < -0.39 is 5.97 Å². The summed E-state index contributed by atoms with van der Waals surface area (Å²) in [6, 6.07) is 12.5. The predicted octanol–water partition coefficient (Wildman–Crippen LogP) is 5.38. The Morgan fingerprint density at radius 3 is 2.10 bits per heavy atom. The van der Waals surface area contributed by atoms with E-state index in [1.54, 1.807) is 24.3 Å². The van der Waals surface area contributed by atoms with Crippen molar-refractivity contribution in [2.45, 2.75) is 51.9 Å². The van der Waals surface area contributed by atoms with E-state index in [-0.39, 0.29) is 17.4 Å². The van der Waals surface area contributed by atoms with Gasteiger partial charge in [0.15, 0.2) is 0 Å². The van der Waals surface area contributed by atoms with Gasteiger partial charge in [-0.3, -0.25) is 9.59 Å². The molecule has 2 amide bonds. The van der Waals surface area contributed by atoms with Crippen LogP contribution in [-0.2, 0) is 16.0 Å². The summed E-state index contributed by atoms with van der Waals surface area (Å²) in [7, 11) is 0. The van der Waals surface area contributed by atoms with Crippen LogP contribution in [0.1, 0.15) is 61.4 Å². The zero-order valence-electron chi connectivity index (χ0n) is 17.3. The first-order chi connectivity index (χ1) is 14.5. The predicted molar refractivity (Wildman–Crippen MR) is 118 cm³/mol. The van der Waals surface area contributed by atoms with Gasteiger partial charge in [-0.2, -0.15) is 0 Å².